The molecule has 2 aliphatic rings. The molecule has 0 radical (unpaired) electrons. The van der Waals surface area contributed by atoms with Gasteiger partial charge in [-0.3, -0.25) is 0 Å². The van der Waals surface area contributed by atoms with Crippen LogP contribution in [-0.2, 0) is 11.8 Å². The average molecular weight is 326 g/mol. The third-order valence-corrected chi connectivity index (χ3v) is 5.09. The predicted octanol–water partition coefficient (Wildman–Crippen LogP) is 3.66. The second kappa shape index (κ2) is 5.45. The van der Waals surface area contributed by atoms with Crippen LogP contribution in [0.4, 0.5) is 0 Å². The third kappa shape index (κ3) is 2.21. The molecule has 1 aromatic carbocycles. The first-order valence-corrected chi connectivity index (χ1v) is 7.20. The van der Waals surface area contributed by atoms with Crippen LogP contribution in [0, 0.1) is 0 Å². The number of halogens is 1. The first-order valence-electron chi connectivity index (χ1n) is 7.20. The van der Waals surface area contributed by atoms with Crippen LogP contribution in [0.15, 0.2) is 18.2 Å². The number of phenols is 1. The molecule has 3 rings (SSSR count). The number of rotatable bonds is 2. The molecular weight excluding hydrogens is 302 g/mol. The molecule has 2 nitrogen and oxygen atoms in total. The number of benzene rings is 1. The summed E-state index contributed by atoms with van der Waals surface area (Å²) >= 11 is 0. The Labute approximate surface area is 126 Å². The average Bonchev–Trinajstić information content (AvgIpc) is 2.68. The molecule has 1 aliphatic heterocycles. The van der Waals surface area contributed by atoms with E-state index in [1.54, 1.807) is 0 Å². The lowest BCUT2D eigenvalue weighted by Crippen LogP contribution is -2.44. The summed E-state index contributed by atoms with van der Waals surface area (Å²) in [6, 6.07) is 6.69. The molecule has 1 aromatic rings. The molecule has 0 aromatic heterocycles. The number of aryl methyl sites for hydroxylation is 1. The van der Waals surface area contributed by atoms with Gasteiger partial charge in [0.15, 0.2) is 0 Å². The molecule has 1 aliphatic carbocycles. The number of hydrogen-bond donors (Lipinski definition) is 1. The standard InChI is InChI=1S/C16H23NO.BrH/c1-3-8-16-9-10-17(2)15(16)7-5-12-4-6-13(18)11-14(12)16;/h4,6,11,15,18H,3,5,7-10H2,1-2H3;1H/t15-,16-;/m0./s1. The Morgan fingerprint density at radius 2 is 2.21 bits per heavy atom. The highest BCUT2D eigenvalue weighted by atomic mass is 79.9. The summed E-state index contributed by atoms with van der Waals surface area (Å²) in [4.78, 5) is 2.53. The summed E-state index contributed by atoms with van der Waals surface area (Å²) in [7, 11) is 2.26. The number of likely N-dealkylation sites (N-methyl/N-ethyl adjacent to an activating group) is 1. The van der Waals surface area contributed by atoms with Crippen molar-refractivity contribution in [3.05, 3.63) is 29.3 Å². The Hall–Kier alpha value is -0.540. The van der Waals surface area contributed by atoms with Crippen molar-refractivity contribution in [2.75, 3.05) is 13.6 Å². The van der Waals surface area contributed by atoms with Crippen molar-refractivity contribution >= 4 is 17.0 Å². The molecule has 1 saturated heterocycles. The minimum Gasteiger partial charge on any atom is -0.508 e. The molecule has 3 heteroatoms. The van der Waals surface area contributed by atoms with E-state index in [-0.39, 0.29) is 17.0 Å². The smallest absolute Gasteiger partial charge is 0.115 e. The van der Waals surface area contributed by atoms with Gasteiger partial charge in [-0.2, -0.15) is 0 Å². The van der Waals surface area contributed by atoms with Gasteiger partial charge < -0.3 is 10.0 Å². The molecule has 1 N–H and O–H groups in total. The Morgan fingerprint density at radius 3 is 2.95 bits per heavy atom. The molecule has 0 amide bonds. The van der Waals surface area contributed by atoms with Crippen LogP contribution in [0.3, 0.4) is 0 Å². The summed E-state index contributed by atoms with van der Waals surface area (Å²) in [6.45, 7) is 3.47. The monoisotopic (exact) mass is 325 g/mol. The topological polar surface area (TPSA) is 23.5 Å². The minimum absolute atomic E-state index is 0. The number of likely N-dealkylation sites (tertiary alicyclic amines) is 1. The van der Waals surface area contributed by atoms with E-state index in [1.165, 1.54) is 43.4 Å². The minimum atomic E-state index is 0. The highest BCUT2D eigenvalue weighted by Gasteiger charge is 2.49. The van der Waals surface area contributed by atoms with E-state index in [1.807, 2.05) is 12.1 Å². The van der Waals surface area contributed by atoms with Crippen LogP contribution in [-0.4, -0.2) is 29.6 Å². The van der Waals surface area contributed by atoms with Gasteiger partial charge in [-0.15, -0.1) is 17.0 Å². The molecule has 2 atom stereocenters. The summed E-state index contributed by atoms with van der Waals surface area (Å²) in [6.07, 6.45) is 6.15. The number of aromatic hydroxyl groups is 1. The zero-order valence-corrected chi connectivity index (χ0v) is 13.6. The van der Waals surface area contributed by atoms with Gasteiger partial charge in [-0.1, -0.05) is 19.4 Å². The first kappa shape index (κ1) is 14.9. The number of phenolic OH excluding ortho intramolecular Hbond substituents is 1. The van der Waals surface area contributed by atoms with E-state index in [0.717, 1.165) is 6.42 Å². The Kier molecular flexibility index (Phi) is 4.26. The van der Waals surface area contributed by atoms with Crippen LogP contribution in [0.1, 0.15) is 43.7 Å². The molecule has 1 fully saturated rings. The van der Waals surface area contributed by atoms with Crippen molar-refractivity contribution in [2.45, 2.75) is 50.5 Å². The van der Waals surface area contributed by atoms with Gasteiger partial charge in [0.25, 0.3) is 0 Å². The van der Waals surface area contributed by atoms with E-state index in [0.29, 0.717) is 17.2 Å². The maximum absolute atomic E-state index is 9.84. The molecule has 106 valence electrons. The molecule has 19 heavy (non-hydrogen) atoms. The van der Waals surface area contributed by atoms with Crippen LogP contribution >= 0.6 is 17.0 Å². The lowest BCUT2D eigenvalue weighted by atomic mass is 9.64. The van der Waals surface area contributed by atoms with Crippen LogP contribution < -0.4 is 0 Å². The maximum atomic E-state index is 9.84. The van der Waals surface area contributed by atoms with Gasteiger partial charge in [-0.25, -0.2) is 0 Å². The number of fused-ring (bicyclic) bond motifs is 3. The number of hydrogen-bond acceptors (Lipinski definition) is 2. The zero-order chi connectivity index (χ0) is 12.8. The second-order valence-electron chi connectivity index (χ2n) is 6.03. The predicted molar refractivity (Wildman–Crippen MR) is 84.4 cm³/mol. The normalized spacial score (nSPS) is 29.5. The summed E-state index contributed by atoms with van der Waals surface area (Å²) in [5.74, 6) is 0.430. The van der Waals surface area contributed by atoms with Gasteiger partial charge in [-0.05, 0) is 62.5 Å². The summed E-state index contributed by atoms with van der Waals surface area (Å²) < 4.78 is 0. The van der Waals surface area contributed by atoms with Gasteiger partial charge in [0.05, 0.1) is 0 Å². The SMILES string of the molecule is Br.CCC[C@@]12CCN(C)[C@H]1CCc1ccc(O)cc12. The fourth-order valence-corrected chi connectivity index (χ4v) is 4.34. The van der Waals surface area contributed by atoms with Gasteiger partial charge in [0, 0.05) is 11.5 Å². The van der Waals surface area contributed by atoms with Gasteiger partial charge in [0.1, 0.15) is 5.75 Å². The quantitative estimate of drug-likeness (QED) is 0.897. The van der Waals surface area contributed by atoms with Crippen LogP contribution in [0.25, 0.3) is 0 Å². The van der Waals surface area contributed by atoms with E-state index < -0.39 is 0 Å². The van der Waals surface area contributed by atoms with Crippen molar-refractivity contribution in [2.24, 2.45) is 0 Å². The highest BCUT2D eigenvalue weighted by Crippen LogP contribution is 2.49. The van der Waals surface area contributed by atoms with Gasteiger partial charge in [0.2, 0.25) is 0 Å². The van der Waals surface area contributed by atoms with E-state index in [4.69, 9.17) is 0 Å². The first-order chi connectivity index (χ1) is 8.67. The van der Waals surface area contributed by atoms with Crippen molar-refractivity contribution in [3.63, 3.8) is 0 Å². The molecule has 0 unspecified atom stereocenters. The largest absolute Gasteiger partial charge is 0.508 e. The van der Waals surface area contributed by atoms with Crippen molar-refractivity contribution < 1.29 is 5.11 Å². The Bertz CT molecular complexity index is 458. The molecule has 0 saturated carbocycles. The molecule has 1 heterocycles. The lowest BCUT2D eigenvalue weighted by Gasteiger charge is -2.43. The maximum Gasteiger partial charge on any atom is 0.115 e. The zero-order valence-electron chi connectivity index (χ0n) is 11.9. The van der Waals surface area contributed by atoms with Crippen molar-refractivity contribution in [3.8, 4) is 5.75 Å². The Balaban J connectivity index is 0.00000133. The van der Waals surface area contributed by atoms with Crippen molar-refractivity contribution in [1.82, 2.24) is 4.90 Å². The lowest BCUT2D eigenvalue weighted by molar-refractivity contribution is 0.205. The molecular formula is C16H24BrNO. The summed E-state index contributed by atoms with van der Waals surface area (Å²) in [5, 5.41) is 9.84. The van der Waals surface area contributed by atoms with E-state index >= 15 is 0 Å². The Morgan fingerprint density at radius 1 is 1.42 bits per heavy atom. The number of nitrogens with zero attached hydrogens (tertiary/aromatic N) is 1. The highest BCUT2D eigenvalue weighted by molar-refractivity contribution is 8.93. The van der Waals surface area contributed by atoms with Crippen LogP contribution in [0.2, 0.25) is 0 Å². The van der Waals surface area contributed by atoms with Gasteiger partial charge >= 0.3 is 0 Å². The summed E-state index contributed by atoms with van der Waals surface area (Å²) in [5.41, 5.74) is 3.20. The van der Waals surface area contributed by atoms with E-state index in [9.17, 15) is 5.11 Å². The fraction of sp³-hybridized carbons (Fsp3) is 0.625. The van der Waals surface area contributed by atoms with Crippen LogP contribution in [0.5, 0.6) is 5.75 Å². The molecule has 0 spiro atoms. The van der Waals surface area contributed by atoms with Crippen molar-refractivity contribution in [1.29, 1.82) is 0 Å². The molecule has 0 bridgehead atoms. The fourth-order valence-electron chi connectivity index (χ4n) is 4.34. The second-order valence-corrected chi connectivity index (χ2v) is 6.03. The third-order valence-electron chi connectivity index (χ3n) is 5.09. The van der Waals surface area contributed by atoms with E-state index in [2.05, 4.69) is 24.9 Å².